The minimum atomic E-state index is -0.244. The molecule has 8 heteroatoms. The summed E-state index contributed by atoms with van der Waals surface area (Å²) in [5.74, 6) is 0.711. The predicted molar refractivity (Wildman–Crippen MR) is 117 cm³/mol. The van der Waals surface area contributed by atoms with Gasteiger partial charge in [0, 0.05) is 37.6 Å². The number of hydrogen-bond acceptors (Lipinski definition) is 2. The molecule has 1 aliphatic rings. The van der Waals surface area contributed by atoms with Gasteiger partial charge in [0.15, 0.2) is 5.96 Å². The van der Waals surface area contributed by atoms with E-state index in [4.69, 9.17) is 5.73 Å². The Kier molecular flexibility index (Phi) is 10.4. The first-order chi connectivity index (χ1) is 12.0. The largest absolute Gasteiger partial charge is 0.370 e. The maximum atomic E-state index is 13.8. The van der Waals surface area contributed by atoms with E-state index in [0.29, 0.717) is 18.8 Å². The number of nitrogens with two attached hydrogens (primary N) is 1. The number of nitrogens with zero attached hydrogens (tertiary/aromatic N) is 2. The fraction of sp³-hybridized carbons (Fsp3) is 0.556. The predicted octanol–water partition coefficient (Wildman–Crippen LogP) is 3.30. The van der Waals surface area contributed by atoms with E-state index in [1.165, 1.54) is 6.07 Å². The van der Waals surface area contributed by atoms with Crippen LogP contribution in [0.2, 0.25) is 0 Å². The molecule has 1 amide bonds. The molecule has 0 radical (unpaired) electrons. The van der Waals surface area contributed by atoms with Crippen LogP contribution >= 0.6 is 39.9 Å². The van der Waals surface area contributed by atoms with Gasteiger partial charge in [-0.2, -0.15) is 0 Å². The van der Waals surface area contributed by atoms with E-state index in [-0.39, 0.29) is 35.7 Å². The average molecular weight is 541 g/mol. The van der Waals surface area contributed by atoms with Crippen molar-refractivity contribution >= 4 is 51.8 Å². The van der Waals surface area contributed by atoms with Crippen LogP contribution in [-0.2, 0) is 11.2 Å². The lowest BCUT2D eigenvalue weighted by Crippen LogP contribution is -2.47. The number of likely N-dealkylation sites (tertiary alicyclic amines) is 1. The zero-order valence-corrected chi connectivity index (χ0v) is 18.9. The fourth-order valence-electron chi connectivity index (χ4n) is 3.24. The lowest BCUT2D eigenvalue weighted by atomic mass is 9.95. The molecule has 146 valence electrons. The first-order valence-electron chi connectivity index (χ1n) is 8.67. The third-order valence-corrected chi connectivity index (χ3v) is 4.93. The van der Waals surface area contributed by atoms with Crippen molar-refractivity contribution in [3.05, 3.63) is 34.1 Å². The molecule has 1 aromatic carbocycles. The Hall–Kier alpha value is -0.900. The van der Waals surface area contributed by atoms with Gasteiger partial charge in [0.2, 0.25) is 5.91 Å². The van der Waals surface area contributed by atoms with Crippen LogP contribution in [0.25, 0.3) is 0 Å². The standard InChI is InChI=1S/C18H26BrFN4O.HI/c1-22-18(24-9-3-4-13(12-24)10-17(21)25)23-8-2-5-14-6-7-15(19)11-16(14)20;/h6-7,11,13H,2-5,8-10,12H2,1H3,(H2,21,25)(H,22,23);1H. The number of primary amides is 1. The highest BCUT2D eigenvalue weighted by atomic mass is 127. The SMILES string of the molecule is CN=C(NCCCc1ccc(Br)cc1F)N1CCCC(CC(N)=O)C1.I. The number of aryl methyl sites for hydroxylation is 1. The number of hydrogen-bond donors (Lipinski definition) is 2. The molecule has 1 unspecified atom stereocenters. The Morgan fingerprint density at radius 2 is 2.27 bits per heavy atom. The summed E-state index contributed by atoms with van der Waals surface area (Å²) in [6.07, 6.45) is 3.97. The van der Waals surface area contributed by atoms with Gasteiger partial charge in [-0.05, 0) is 49.3 Å². The molecule has 2 rings (SSSR count). The van der Waals surface area contributed by atoms with Crippen molar-refractivity contribution in [2.45, 2.75) is 32.1 Å². The van der Waals surface area contributed by atoms with E-state index in [0.717, 1.165) is 54.9 Å². The molecular formula is C18H27BrFIN4O. The maximum Gasteiger partial charge on any atom is 0.217 e. The van der Waals surface area contributed by atoms with E-state index in [9.17, 15) is 9.18 Å². The zero-order chi connectivity index (χ0) is 18.2. The number of amides is 1. The molecule has 3 N–H and O–H groups in total. The number of halogens is 3. The third-order valence-electron chi connectivity index (χ3n) is 4.44. The normalized spacial score (nSPS) is 17.6. The lowest BCUT2D eigenvalue weighted by Gasteiger charge is -2.34. The van der Waals surface area contributed by atoms with Gasteiger partial charge in [-0.25, -0.2) is 4.39 Å². The Morgan fingerprint density at radius 1 is 1.50 bits per heavy atom. The number of carbonyl (C=O) groups excluding carboxylic acids is 1. The van der Waals surface area contributed by atoms with Gasteiger partial charge in [0.1, 0.15) is 5.82 Å². The third kappa shape index (κ3) is 7.38. The van der Waals surface area contributed by atoms with Crippen molar-refractivity contribution in [1.29, 1.82) is 0 Å². The van der Waals surface area contributed by atoms with Crippen molar-refractivity contribution in [2.24, 2.45) is 16.6 Å². The summed E-state index contributed by atoms with van der Waals surface area (Å²) in [5, 5.41) is 3.34. The van der Waals surface area contributed by atoms with Crippen molar-refractivity contribution in [2.75, 3.05) is 26.7 Å². The number of benzene rings is 1. The molecule has 1 aromatic rings. The van der Waals surface area contributed by atoms with Crippen molar-refractivity contribution in [3.63, 3.8) is 0 Å². The van der Waals surface area contributed by atoms with E-state index in [1.807, 2.05) is 12.1 Å². The highest BCUT2D eigenvalue weighted by Gasteiger charge is 2.23. The molecule has 0 saturated carbocycles. The van der Waals surface area contributed by atoms with Crippen LogP contribution in [0.5, 0.6) is 0 Å². The highest BCUT2D eigenvalue weighted by molar-refractivity contribution is 14.0. The number of aliphatic imine (C=N–C) groups is 1. The Morgan fingerprint density at radius 3 is 2.92 bits per heavy atom. The quantitative estimate of drug-likeness (QED) is 0.252. The van der Waals surface area contributed by atoms with Crippen LogP contribution in [0.3, 0.4) is 0 Å². The smallest absolute Gasteiger partial charge is 0.217 e. The Labute approximate surface area is 180 Å². The van der Waals surface area contributed by atoms with Crippen LogP contribution in [0.1, 0.15) is 31.2 Å². The zero-order valence-electron chi connectivity index (χ0n) is 15.0. The molecule has 1 atom stereocenters. The maximum absolute atomic E-state index is 13.8. The summed E-state index contributed by atoms with van der Waals surface area (Å²) in [5.41, 5.74) is 6.04. The van der Waals surface area contributed by atoms with Crippen molar-refractivity contribution in [3.8, 4) is 0 Å². The summed E-state index contributed by atoms with van der Waals surface area (Å²) in [7, 11) is 1.76. The van der Waals surface area contributed by atoms with Gasteiger partial charge in [0.25, 0.3) is 0 Å². The molecular weight excluding hydrogens is 514 g/mol. The van der Waals surface area contributed by atoms with Gasteiger partial charge in [-0.15, -0.1) is 24.0 Å². The molecule has 5 nitrogen and oxygen atoms in total. The second-order valence-electron chi connectivity index (χ2n) is 6.44. The average Bonchev–Trinajstić information content (AvgIpc) is 2.56. The summed E-state index contributed by atoms with van der Waals surface area (Å²) < 4.78 is 14.6. The number of nitrogens with one attached hydrogen (secondary N) is 1. The number of guanidine groups is 1. The summed E-state index contributed by atoms with van der Waals surface area (Å²) in [6.45, 7) is 2.44. The molecule has 0 bridgehead atoms. The van der Waals surface area contributed by atoms with E-state index in [2.05, 4.69) is 31.1 Å². The van der Waals surface area contributed by atoms with Crippen LogP contribution < -0.4 is 11.1 Å². The molecule has 26 heavy (non-hydrogen) atoms. The van der Waals surface area contributed by atoms with Gasteiger partial charge in [-0.3, -0.25) is 9.79 Å². The van der Waals surface area contributed by atoms with Crippen molar-refractivity contribution < 1.29 is 9.18 Å². The molecule has 1 heterocycles. The van der Waals surface area contributed by atoms with E-state index in [1.54, 1.807) is 7.05 Å². The second kappa shape index (κ2) is 11.7. The van der Waals surface area contributed by atoms with Crippen LogP contribution in [0.4, 0.5) is 4.39 Å². The molecule has 1 aliphatic heterocycles. The van der Waals surface area contributed by atoms with Gasteiger partial charge in [-0.1, -0.05) is 22.0 Å². The minimum absolute atomic E-state index is 0. The topological polar surface area (TPSA) is 70.7 Å². The Bertz CT molecular complexity index is 629. The molecule has 0 spiro atoms. The van der Waals surface area contributed by atoms with E-state index >= 15 is 0 Å². The summed E-state index contributed by atoms with van der Waals surface area (Å²) in [6, 6.07) is 5.17. The van der Waals surface area contributed by atoms with Crippen LogP contribution in [0, 0.1) is 11.7 Å². The van der Waals surface area contributed by atoms with Crippen LogP contribution in [0.15, 0.2) is 27.7 Å². The molecule has 1 fully saturated rings. The lowest BCUT2D eigenvalue weighted by molar-refractivity contribution is -0.119. The summed E-state index contributed by atoms with van der Waals surface area (Å²) >= 11 is 3.27. The molecule has 0 aromatic heterocycles. The van der Waals surface area contributed by atoms with E-state index < -0.39 is 0 Å². The number of rotatable bonds is 6. The molecule has 0 aliphatic carbocycles. The number of carbonyl (C=O) groups is 1. The van der Waals surface area contributed by atoms with Gasteiger partial charge >= 0.3 is 0 Å². The van der Waals surface area contributed by atoms with Crippen molar-refractivity contribution in [1.82, 2.24) is 10.2 Å². The first-order valence-corrected chi connectivity index (χ1v) is 9.46. The fourth-order valence-corrected chi connectivity index (χ4v) is 3.58. The first kappa shape index (κ1) is 23.1. The summed E-state index contributed by atoms with van der Waals surface area (Å²) in [4.78, 5) is 17.6. The van der Waals surface area contributed by atoms with Gasteiger partial charge in [0.05, 0.1) is 0 Å². The monoisotopic (exact) mass is 540 g/mol. The highest BCUT2D eigenvalue weighted by Crippen LogP contribution is 2.19. The second-order valence-corrected chi connectivity index (χ2v) is 7.35. The van der Waals surface area contributed by atoms with Gasteiger partial charge < -0.3 is 16.0 Å². The Balaban J connectivity index is 0.00000338. The molecule has 1 saturated heterocycles. The van der Waals surface area contributed by atoms with Crippen LogP contribution in [-0.4, -0.2) is 43.4 Å². The minimum Gasteiger partial charge on any atom is -0.370 e. The number of piperidine rings is 1.